The molecule has 0 amide bonds. The third kappa shape index (κ3) is 6.48. The molecule has 0 fully saturated rings. The fourth-order valence-electron chi connectivity index (χ4n) is 2.37. The minimum Gasteiger partial charge on any atom is -0.462 e. The van der Waals surface area contributed by atoms with Crippen LogP contribution in [0.2, 0.25) is 0 Å². The highest BCUT2D eigenvalue weighted by Crippen LogP contribution is 2.43. The molecule has 0 saturated carbocycles. The molecule has 23 heavy (non-hydrogen) atoms. The Kier molecular flexibility index (Phi) is 9.20. The van der Waals surface area contributed by atoms with Crippen molar-refractivity contribution >= 4 is 18.6 Å². The Hall–Kier alpha value is -1.12. The molecule has 0 spiro atoms. The third-order valence-electron chi connectivity index (χ3n) is 3.94. The lowest BCUT2D eigenvalue weighted by atomic mass is 10.1. The minimum absolute atomic E-state index is 0.325. The number of carbonyl (C=O) groups is 1. The molecule has 0 aliphatic heterocycles. The van der Waals surface area contributed by atoms with E-state index < -0.39 is 7.37 Å². The Morgan fingerprint density at radius 2 is 1.61 bits per heavy atom. The van der Waals surface area contributed by atoms with Crippen molar-refractivity contribution in [3.8, 4) is 0 Å². The Labute approximate surface area is 140 Å². The van der Waals surface area contributed by atoms with Crippen LogP contribution in [0.4, 0.5) is 0 Å². The van der Waals surface area contributed by atoms with Crippen LogP contribution in [0.1, 0.15) is 62.7 Å². The van der Waals surface area contributed by atoms with Crippen LogP contribution in [-0.4, -0.2) is 25.8 Å². The molecular weight excluding hydrogens is 311 g/mol. The van der Waals surface area contributed by atoms with Gasteiger partial charge in [0.25, 0.3) is 0 Å². The highest BCUT2D eigenvalue weighted by atomic mass is 31.2. The molecule has 1 aromatic carbocycles. The number of hydrogen-bond donors (Lipinski definition) is 0. The quantitative estimate of drug-likeness (QED) is 0.331. The summed E-state index contributed by atoms with van der Waals surface area (Å²) < 4.78 is 22.8. The van der Waals surface area contributed by atoms with Crippen molar-refractivity contribution in [2.45, 2.75) is 52.4 Å². The van der Waals surface area contributed by atoms with Crippen molar-refractivity contribution in [3.63, 3.8) is 0 Å². The smallest absolute Gasteiger partial charge is 0.338 e. The molecule has 1 unspecified atom stereocenters. The van der Waals surface area contributed by atoms with E-state index in [1.807, 2.05) is 6.92 Å². The molecule has 0 aliphatic rings. The number of rotatable bonds is 11. The lowest BCUT2D eigenvalue weighted by molar-refractivity contribution is 0.0497. The Balaban J connectivity index is 2.41. The van der Waals surface area contributed by atoms with Gasteiger partial charge in [-0.2, -0.15) is 0 Å². The standard InChI is InChI=1S/C18H29O4P/c1-4-6-7-8-9-10-15-22-18(19)16-11-13-17(14-12-16)23(20,5-2)21-3/h11-14H,4-10,15H2,1-3H3. The van der Waals surface area contributed by atoms with E-state index >= 15 is 0 Å². The molecule has 0 heterocycles. The Morgan fingerprint density at radius 3 is 2.17 bits per heavy atom. The summed E-state index contributed by atoms with van der Waals surface area (Å²) in [6.45, 7) is 4.48. The highest BCUT2D eigenvalue weighted by molar-refractivity contribution is 7.66. The maximum Gasteiger partial charge on any atom is 0.338 e. The normalized spacial score (nSPS) is 13.5. The van der Waals surface area contributed by atoms with Crippen molar-refractivity contribution < 1.29 is 18.6 Å². The lowest BCUT2D eigenvalue weighted by Crippen LogP contribution is -2.11. The number of benzene rings is 1. The van der Waals surface area contributed by atoms with Gasteiger partial charge < -0.3 is 9.26 Å². The van der Waals surface area contributed by atoms with Crippen LogP contribution in [0.25, 0.3) is 0 Å². The first-order chi connectivity index (χ1) is 11.1. The third-order valence-corrected chi connectivity index (χ3v) is 6.45. The van der Waals surface area contributed by atoms with Crippen LogP contribution in [0.3, 0.4) is 0 Å². The summed E-state index contributed by atoms with van der Waals surface area (Å²) in [5, 5.41) is 0.634. The predicted octanol–water partition coefficient (Wildman–Crippen LogP) is 4.77. The summed E-state index contributed by atoms with van der Waals surface area (Å²) in [5.41, 5.74) is 0.485. The van der Waals surface area contributed by atoms with E-state index in [0.717, 1.165) is 12.8 Å². The first-order valence-corrected chi connectivity index (χ1v) is 10.3. The molecule has 1 atom stereocenters. The van der Waals surface area contributed by atoms with Crippen LogP contribution in [0.15, 0.2) is 24.3 Å². The number of ether oxygens (including phenoxy) is 1. The number of carbonyl (C=O) groups excluding carboxylic acids is 1. The van der Waals surface area contributed by atoms with Crippen LogP contribution >= 0.6 is 7.37 Å². The summed E-state index contributed by atoms with van der Waals surface area (Å²) in [6.07, 6.45) is 7.40. The number of unbranched alkanes of at least 4 members (excludes halogenated alkanes) is 5. The molecule has 0 N–H and O–H groups in total. The van der Waals surface area contributed by atoms with Gasteiger partial charge in [-0.15, -0.1) is 0 Å². The van der Waals surface area contributed by atoms with Gasteiger partial charge in [0.15, 0.2) is 0 Å². The molecule has 130 valence electrons. The summed E-state index contributed by atoms with van der Waals surface area (Å²) in [4.78, 5) is 12.0. The topological polar surface area (TPSA) is 52.6 Å². The molecule has 1 aromatic rings. The molecule has 0 radical (unpaired) electrons. The summed E-state index contributed by atoms with van der Waals surface area (Å²) in [5.74, 6) is -0.325. The average Bonchev–Trinajstić information content (AvgIpc) is 2.60. The maximum atomic E-state index is 12.4. The second-order valence-corrected chi connectivity index (χ2v) is 8.48. The maximum absolute atomic E-state index is 12.4. The average molecular weight is 340 g/mol. The van der Waals surface area contributed by atoms with Crippen molar-refractivity contribution in [1.29, 1.82) is 0 Å². The molecule has 0 bridgehead atoms. The molecule has 4 nitrogen and oxygen atoms in total. The van der Waals surface area contributed by atoms with Gasteiger partial charge in [-0.1, -0.05) is 46.0 Å². The van der Waals surface area contributed by atoms with Gasteiger partial charge in [-0.25, -0.2) is 4.79 Å². The molecule has 1 rings (SSSR count). The van der Waals surface area contributed by atoms with Crippen molar-refractivity contribution in [2.75, 3.05) is 19.9 Å². The predicted molar refractivity (Wildman–Crippen MR) is 94.9 cm³/mol. The highest BCUT2D eigenvalue weighted by Gasteiger charge is 2.22. The van der Waals surface area contributed by atoms with Gasteiger partial charge >= 0.3 is 5.97 Å². The first-order valence-electron chi connectivity index (χ1n) is 8.50. The largest absolute Gasteiger partial charge is 0.462 e. The van der Waals surface area contributed by atoms with Crippen molar-refractivity contribution in [2.24, 2.45) is 0 Å². The number of hydrogen-bond acceptors (Lipinski definition) is 4. The fourth-order valence-corrected chi connectivity index (χ4v) is 3.81. The molecule has 0 saturated heterocycles. The molecular formula is C18H29O4P. The van der Waals surface area contributed by atoms with E-state index in [4.69, 9.17) is 9.26 Å². The van der Waals surface area contributed by atoms with E-state index in [-0.39, 0.29) is 5.97 Å². The van der Waals surface area contributed by atoms with E-state index in [1.165, 1.54) is 32.8 Å². The Morgan fingerprint density at radius 1 is 1.00 bits per heavy atom. The summed E-state index contributed by atoms with van der Waals surface area (Å²) >= 11 is 0. The van der Waals surface area contributed by atoms with Gasteiger partial charge in [0.05, 0.1) is 12.2 Å². The molecule has 0 aromatic heterocycles. The Bertz CT molecular complexity index is 502. The van der Waals surface area contributed by atoms with E-state index in [9.17, 15) is 9.36 Å². The summed E-state index contributed by atoms with van der Waals surface area (Å²) in [7, 11) is -1.32. The van der Waals surface area contributed by atoms with Crippen LogP contribution in [-0.2, 0) is 13.8 Å². The summed E-state index contributed by atoms with van der Waals surface area (Å²) in [6, 6.07) is 6.69. The van der Waals surface area contributed by atoms with E-state index in [2.05, 4.69) is 6.92 Å². The van der Waals surface area contributed by atoms with E-state index in [0.29, 0.717) is 23.6 Å². The zero-order chi connectivity index (χ0) is 17.1. The van der Waals surface area contributed by atoms with Crippen LogP contribution < -0.4 is 5.30 Å². The van der Waals surface area contributed by atoms with Gasteiger partial charge in [0, 0.05) is 18.6 Å². The number of esters is 1. The molecule has 5 heteroatoms. The second-order valence-electron chi connectivity index (χ2n) is 5.62. The monoisotopic (exact) mass is 340 g/mol. The van der Waals surface area contributed by atoms with Crippen LogP contribution in [0, 0.1) is 0 Å². The fraction of sp³-hybridized carbons (Fsp3) is 0.611. The molecule has 0 aliphatic carbocycles. The van der Waals surface area contributed by atoms with Gasteiger partial charge in [-0.3, -0.25) is 4.57 Å². The SMILES string of the molecule is CCCCCCCCOC(=O)c1ccc(P(=O)(CC)OC)cc1. The van der Waals surface area contributed by atoms with E-state index in [1.54, 1.807) is 24.3 Å². The first kappa shape index (κ1) is 19.9. The van der Waals surface area contributed by atoms with Gasteiger partial charge in [-0.05, 0) is 30.7 Å². The van der Waals surface area contributed by atoms with Gasteiger partial charge in [0.2, 0.25) is 7.37 Å². The van der Waals surface area contributed by atoms with Crippen LogP contribution in [0.5, 0.6) is 0 Å². The van der Waals surface area contributed by atoms with Gasteiger partial charge in [0.1, 0.15) is 0 Å². The zero-order valence-electron chi connectivity index (χ0n) is 14.5. The zero-order valence-corrected chi connectivity index (χ0v) is 15.4. The van der Waals surface area contributed by atoms with Crippen molar-refractivity contribution in [1.82, 2.24) is 0 Å². The lowest BCUT2D eigenvalue weighted by Gasteiger charge is -2.14. The minimum atomic E-state index is -2.78. The van der Waals surface area contributed by atoms with Crippen molar-refractivity contribution in [3.05, 3.63) is 29.8 Å². The second kappa shape index (κ2) is 10.6.